The van der Waals surface area contributed by atoms with Crippen LogP contribution in [0.1, 0.15) is 25.0 Å². The smallest absolute Gasteiger partial charge is 0.327 e. The van der Waals surface area contributed by atoms with Crippen molar-refractivity contribution in [3.8, 4) is 0 Å². The molecule has 112 valence electrons. The molecule has 0 unspecified atom stereocenters. The number of pyridine rings is 1. The molecular weight excluding hydrogens is 276 g/mol. The van der Waals surface area contributed by atoms with Crippen molar-refractivity contribution in [2.75, 3.05) is 6.54 Å². The summed E-state index contributed by atoms with van der Waals surface area (Å²) in [6.07, 6.45) is 1.49. The first-order chi connectivity index (χ1) is 10.0. The fourth-order valence-corrected chi connectivity index (χ4v) is 1.99. The average molecular weight is 292 g/mol. The van der Waals surface area contributed by atoms with E-state index in [2.05, 4.69) is 20.3 Å². The molecule has 0 aliphatic heterocycles. The molecule has 0 amide bonds. The van der Waals surface area contributed by atoms with E-state index in [1.807, 2.05) is 6.92 Å². The Morgan fingerprint density at radius 3 is 2.81 bits per heavy atom. The van der Waals surface area contributed by atoms with E-state index < -0.39 is 17.2 Å². The molecule has 0 atom stereocenters. The molecule has 21 heavy (non-hydrogen) atoms. The van der Waals surface area contributed by atoms with Crippen molar-refractivity contribution >= 4 is 17.0 Å². The Labute approximate surface area is 119 Å². The first kappa shape index (κ1) is 14.9. The van der Waals surface area contributed by atoms with Crippen LogP contribution in [0, 0.1) is 0 Å². The predicted molar refractivity (Wildman–Crippen MR) is 75.8 cm³/mol. The molecule has 0 radical (unpaired) electrons. The number of hydrogen-bond donors (Lipinski definition) is 3. The first-order valence-electron chi connectivity index (χ1n) is 6.50. The fourth-order valence-electron chi connectivity index (χ4n) is 1.99. The summed E-state index contributed by atoms with van der Waals surface area (Å²) in [6.45, 7) is 4.38. The summed E-state index contributed by atoms with van der Waals surface area (Å²) in [6, 6.07) is 0. The largest absolute Gasteiger partial charge is 0.461 e. The number of nitrogens with one attached hydrogen (secondary N) is 3. The van der Waals surface area contributed by atoms with E-state index in [1.54, 1.807) is 0 Å². The molecule has 0 saturated carbocycles. The molecule has 2 rings (SSSR count). The topological polar surface area (TPSA) is 117 Å². The number of aromatic amines is 2. The Morgan fingerprint density at radius 2 is 2.14 bits per heavy atom. The second kappa shape index (κ2) is 6.31. The zero-order valence-electron chi connectivity index (χ0n) is 11.8. The normalized spacial score (nSPS) is 10.8. The van der Waals surface area contributed by atoms with E-state index in [9.17, 15) is 14.4 Å². The van der Waals surface area contributed by atoms with Crippen LogP contribution in [-0.2, 0) is 22.7 Å². The third-order valence-corrected chi connectivity index (χ3v) is 2.94. The van der Waals surface area contributed by atoms with E-state index >= 15 is 0 Å². The van der Waals surface area contributed by atoms with Crippen molar-refractivity contribution in [2.24, 2.45) is 0 Å². The van der Waals surface area contributed by atoms with Crippen molar-refractivity contribution in [1.82, 2.24) is 20.3 Å². The van der Waals surface area contributed by atoms with Crippen molar-refractivity contribution in [3.05, 3.63) is 38.2 Å². The van der Waals surface area contributed by atoms with Gasteiger partial charge >= 0.3 is 11.7 Å². The first-order valence-corrected chi connectivity index (χ1v) is 6.50. The lowest BCUT2D eigenvalue weighted by atomic mass is 10.1. The van der Waals surface area contributed by atoms with Gasteiger partial charge in [0.1, 0.15) is 12.3 Å². The summed E-state index contributed by atoms with van der Waals surface area (Å²) in [5, 5.41) is 3.41. The van der Waals surface area contributed by atoms with E-state index in [0.29, 0.717) is 29.6 Å². The monoisotopic (exact) mass is 292 g/mol. The third kappa shape index (κ3) is 3.34. The number of ether oxygens (including phenoxy) is 1. The van der Waals surface area contributed by atoms with Crippen LogP contribution in [0.3, 0.4) is 0 Å². The van der Waals surface area contributed by atoms with Gasteiger partial charge in [0, 0.05) is 25.2 Å². The number of esters is 1. The minimum atomic E-state index is -0.609. The molecule has 0 saturated heterocycles. The van der Waals surface area contributed by atoms with Crippen molar-refractivity contribution in [2.45, 2.75) is 27.0 Å². The average Bonchev–Trinajstić information content (AvgIpc) is 2.42. The van der Waals surface area contributed by atoms with Gasteiger partial charge in [-0.25, -0.2) is 9.78 Å². The Hall–Kier alpha value is -2.48. The molecular formula is C13H16N4O4. The van der Waals surface area contributed by atoms with Gasteiger partial charge in [-0.3, -0.25) is 19.6 Å². The maximum absolute atomic E-state index is 12.0. The van der Waals surface area contributed by atoms with Crippen LogP contribution in [0.5, 0.6) is 0 Å². The van der Waals surface area contributed by atoms with Crippen LogP contribution in [0.4, 0.5) is 0 Å². The van der Waals surface area contributed by atoms with Crippen LogP contribution >= 0.6 is 0 Å². The number of nitrogens with zero attached hydrogens (tertiary/aromatic N) is 1. The van der Waals surface area contributed by atoms with E-state index in [-0.39, 0.29) is 12.3 Å². The van der Waals surface area contributed by atoms with E-state index in [1.165, 1.54) is 13.1 Å². The second-order valence-corrected chi connectivity index (χ2v) is 4.45. The summed E-state index contributed by atoms with van der Waals surface area (Å²) in [4.78, 5) is 43.0. The highest BCUT2D eigenvalue weighted by Gasteiger charge is 2.13. The maximum atomic E-state index is 12.0. The summed E-state index contributed by atoms with van der Waals surface area (Å²) in [7, 11) is 0. The number of fused-ring (bicyclic) bond motifs is 1. The summed E-state index contributed by atoms with van der Waals surface area (Å²) >= 11 is 0. The predicted octanol–water partition coefficient (Wildman–Crippen LogP) is -0.216. The standard InChI is InChI=1S/C13H16N4O4/c1-3-14-5-9-8(6-21-7(2)18)4-15-11-10(9)12(19)17-13(20)16-11/h4,14H,3,5-6H2,1-2H3,(H2,15,16,17,19,20). The molecule has 8 nitrogen and oxygen atoms in total. The fraction of sp³-hybridized carbons (Fsp3) is 0.385. The SMILES string of the molecule is CCNCc1c(COC(C)=O)cnc2[nH]c(=O)[nH]c(=O)c12. The Bertz CT molecular complexity index is 778. The highest BCUT2D eigenvalue weighted by Crippen LogP contribution is 2.16. The Kier molecular flexibility index (Phi) is 4.49. The quantitative estimate of drug-likeness (QED) is 0.656. The molecule has 0 bridgehead atoms. The number of H-pyrrole nitrogens is 2. The minimum Gasteiger partial charge on any atom is -0.461 e. The van der Waals surface area contributed by atoms with Crippen LogP contribution in [-0.4, -0.2) is 27.5 Å². The molecule has 0 aromatic carbocycles. The van der Waals surface area contributed by atoms with Crippen molar-refractivity contribution in [3.63, 3.8) is 0 Å². The molecule has 3 N–H and O–H groups in total. The molecule has 0 aliphatic carbocycles. The lowest BCUT2D eigenvalue weighted by molar-refractivity contribution is -0.142. The maximum Gasteiger partial charge on any atom is 0.327 e. The van der Waals surface area contributed by atoms with Gasteiger partial charge in [0.2, 0.25) is 0 Å². The summed E-state index contributed by atoms with van der Waals surface area (Å²) in [5.41, 5.74) is 0.362. The number of aromatic nitrogens is 3. The molecule has 8 heteroatoms. The number of carbonyl (C=O) groups is 1. The second-order valence-electron chi connectivity index (χ2n) is 4.45. The van der Waals surface area contributed by atoms with Gasteiger partial charge in [0.15, 0.2) is 0 Å². The van der Waals surface area contributed by atoms with Gasteiger partial charge in [-0.1, -0.05) is 6.92 Å². The zero-order valence-corrected chi connectivity index (χ0v) is 11.8. The molecule has 0 aliphatic rings. The molecule has 0 fully saturated rings. The van der Waals surface area contributed by atoms with E-state index in [0.717, 1.165) is 0 Å². The van der Waals surface area contributed by atoms with Gasteiger partial charge in [-0.15, -0.1) is 0 Å². The summed E-state index contributed by atoms with van der Waals surface area (Å²) in [5.74, 6) is -0.417. The van der Waals surface area contributed by atoms with Gasteiger partial charge in [0.25, 0.3) is 5.56 Å². The molecule has 2 aromatic rings. The highest BCUT2D eigenvalue weighted by atomic mass is 16.5. The van der Waals surface area contributed by atoms with Gasteiger partial charge in [0.05, 0.1) is 5.39 Å². The van der Waals surface area contributed by atoms with Gasteiger partial charge in [-0.05, 0) is 12.1 Å². The molecule has 2 heterocycles. The number of carbonyl (C=O) groups excluding carboxylic acids is 1. The van der Waals surface area contributed by atoms with Gasteiger partial charge < -0.3 is 10.1 Å². The van der Waals surface area contributed by atoms with Crippen LogP contribution in [0.25, 0.3) is 11.0 Å². The minimum absolute atomic E-state index is 0.0254. The molecule has 0 spiro atoms. The highest BCUT2D eigenvalue weighted by molar-refractivity contribution is 5.78. The number of hydrogen-bond acceptors (Lipinski definition) is 6. The van der Waals surface area contributed by atoms with Crippen molar-refractivity contribution < 1.29 is 9.53 Å². The number of rotatable bonds is 5. The Morgan fingerprint density at radius 1 is 1.38 bits per heavy atom. The van der Waals surface area contributed by atoms with E-state index in [4.69, 9.17) is 4.74 Å². The lowest BCUT2D eigenvalue weighted by Crippen LogP contribution is -2.25. The van der Waals surface area contributed by atoms with Crippen LogP contribution in [0.15, 0.2) is 15.8 Å². The summed E-state index contributed by atoms with van der Waals surface area (Å²) < 4.78 is 4.97. The van der Waals surface area contributed by atoms with Gasteiger partial charge in [-0.2, -0.15) is 0 Å². The third-order valence-electron chi connectivity index (χ3n) is 2.94. The van der Waals surface area contributed by atoms with Crippen LogP contribution < -0.4 is 16.6 Å². The van der Waals surface area contributed by atoms with Crippen molar-refractivity contribution in [1.29, 1.82) is 0 Å². The molecule has 2 aromatic heterocycles. The Balaban J connectivity index is 2.60. The zero-order chi connectivity index (χ0) is 15.4. The lowest BCUT2D eigenvalue weighted by Gasteiger charge is -2.12. The van der Waals surface area contributed by atoms with Crippen LogP contribution in [0.2, 0.25) is 0 Å².